The van der Waals surface area contributed by atoms with Crippen molar-refractivity contribution in [3.8, 4) is 0 Å². The number of aryl methyl sites for hydroxylation is 1. The molecule has 0 bridgehead atoms. The van der Waals surface area contributed by atoms with Crippen molar-refractivity contribution in [2.75, 3.05) is 0 Å². The minimum atomic E-state index is 0. The summed E-state index contributed by atoms with van der Waals surface area (Å²) >= 11 is 0. The molecule has 17 heavy (non-hydrogen) atoms. The maximum Gasteiger partial charge on any atom is 0.0326 e. The fraction of sp³-hybridized carbons (Fsp3) is 0.600. The Kier molecular flexibility index (Phi) is 5.48. The van der Waals surface area contributed by atoms with Gasteiger partial charge in [0.2, 0.25) is 0 Å². The van der Waals surface area contributed by atoms with Gasteiger partial charge in [-0.3, -0.25) is 0 Å². The van der Waals surface area contributed by atoms with E-state index >= 15 is 0 Å². The Morgan fingerprint density at radius 2 is 1.76 bits per heavy atom. The van der Waals surface area contributed by atoms with Crippen molar-refractivity contribution >= 4 is 12.4 Å². The zero-order valence-corrected chi connectivity index (χ0v) is 11.7. The van der Waals surface area contributed by atoms with Crippen LogP contribution in [0.15, 0.2) is 18.2 Å². The third kappa shape index (κ3) is 3.23. The molecule has 1 aliphatic rings. The third-order valence-electron chi connectivity index (χ3n) is 4.16. The number of benzene rings is 1. The van der Waals surface area contributed by atoms with Crippen LogP contribution in [0.4, 0.5) is 0 Å². The molecular weight excluding hydrogens is 230 g/mol. The fourth-order valence-corrected chi connectivity index (χ4v) is 2.88. The van der Waals surface area contributed by atoms with Crippen molar-refractivity contribution in [3.05, 3.63) is 34.9 Å². The first-order valence-corrected chi connectivity index (χ1v) is 6.52. The largest absolute Gasteiger partial charge is 0.324 e. The topological polar surface area (TPSA) is 26.0 Å². The van der Waals surface area contributed by atoms with E-state index in [9.17, 15) is 0 Å². The summed E-state index contributed by atoms with van der Waals surface area (Å²) in [5, 5.41) is 0. The molecular formula is C15H24ClN. The quantitative estimate of drug-likeness (QED) is 0.835. The molecule has 0 heterocycles. The van der Waals surface area contributed by atoms with Gasteiger partial charge in [-0.2, -0.15) is 0 Å². The van der Waals surface area contributed by atoms with E-state index in [-0.39, 0.29) is 18.4 Å². The molecule has 0 aromatic heterocycles. The normalized spacial score (nSPS) is 18.5. The Morgan fingerprint density at radius 1 is 1.12 bits per heavy atom. The van der Waals surface area contributed by atoms with Gasteiger partial charge in [-0.05, 0) is 49.3 Å². The van der Waals surface area contributed by atoms with E-state index in [0.29, 0.717) is 5.92 Å². The van der Waals surface area contributed by atoms with Gasteiger partial charge in [0.05, 0.1) is 0 Å². The number of rotatable bonds is 2. The minimum Gasteiger partial charge on any atom is -0.324 e. The highest BCUT2D eigenvalue weighted by Crippen LogP contribution is 2.34. The molecule has 0 radical (unpaired) electrons. The van der Waals surface area contributed by atoms with Crippen molar-refractivity contribution in [1.82, 2.24) is 0 Å². The Hall–Kier alpha value is -0.530. The van der Waals surface area contributed by atoms with E-state index < -0.39 is 0 Å². The van der Waals surface area contributed by atoms with E-state index in [1.807, 2.05) is 0 Å². The summed E-state index contributed by atoms with van der Waals surface area (Å²) in [6.07, 6.45) is 6.76. The van der Waals surface area contributed by atoms with Crippen molar-refractivity contribution in [2.24, 2.45) is 11.7 Å². The Bertz CT molecular complexity index is 356. The van der Waals surface area contributed by atoms with Gasteiger partial charge in [0, 0.05) is 6.04 Å². The molecule has 2 rings (SSSR count). The SMILES string of the molecule is Cc1cccc([C@H](N)C2CCCCC2)c1C.Cl. The van der Waals surface area contributed by atoms with Gasteiger partial charge in [0.1, 0.15) is 0 Å². The maximum absolute atomic E-state index is 6.44. The Balaban J connectivity index is 0.00000144. The molecule has 1 aromatic carbocycles. The second kappa shape index (κ2) is 6.42. The zero-order valence-electron chi connectivity index (χ0n) is 10.9. The zero-order chi connectivity index (χ0) is 11.5. The molecule has 0 amide bonds. The molecule has 0 spiro atoms. The fourth-order valence-electron chi connectivity index (χ4n) is 2.88. The van der Waals surface area contributed by atoms with Crippen LogP contribution in [-0.4, -0.2) is 0 Å². The van der Waals surface area contributed by atoms with Crippen molar-refractivity contribution in [3.63, 3.8) is 0 Å². The summed E-state index contributed by atoms with van der Waals surface area (Å²) in [4.78, 5) is 0. The molecule has 2 N–H and O–H groups in total. The lowest BCUT2D eigenvalue weighted by Crippen LogP contribution is -2.24. The number of hydrogen-bond acceptors (Lipinski definition) is 1. The Labute approximate surface area is 111 Å². The van der Waals surface area contributed by atoms with E-state index in [1.165, 1.54) is 48.8 Å². The predicted octanol–water partition coefficient (Wildman–Crippen LogP) is 4.31. The van der Waals surface area contributed by atoms with Crippen LogP contribution >= 0.6 is 12.4 Å². The average Bonchev–Trinajstić information content (AvgIpc) is 2.33. The lowest BCUT2D eigenvalue weighted by atomic mass is 9.80. The van der Waals surface area contributed by atoms with Crippen LogP contribution in [-0.2, 0) is 0 Å². The van der Waals surface area contributed by atoms with Gasteiger partial charge in [-0.15, -0.1) is 12.4 Å². The summed E-state index contributed by atoms with van der Waals surface area (Å²) in [6.45, 7) is 4.37. The van der Waals surface area contributed by atoms with Gasteiger partial charge >= 0.3 is 0 Å². The highest BCUT2D eigenvalue weighted by Gasteiger charge is 2.22. The lowest BCUT2D eigenvalue weighted by Gasteiger charge is -2.29. The molecule has 1 fully saturated rings. The molecule has 1 aromatic rings. The van der Waals surface area contributed by atoms with Gasteiger partial charge in [-0.25, -0.2) is 0 Å². The third-order valence-corrected chi connectivity index (χ3v) is 4.16. The van der Waals surface area contributed by atoms with Crippen LogP contribution in [0.5, 0.6) is 0 Å². The van der Waals surface area contributed by atoms with E-state index in [4.69, 9.17) is 5.73 Å². The number of halogens is 1. The first kappa shape index (κ1) is 14.5. The molecule has 1 nitrogen and oxygen atoms in total. The molecule has 0 aliphatic heterocycles. The van der Waals surface area contributed by atoms with Crippen LogP contribution in [0.2, 0.25) is 0 Å². The molecule has 1 saturated carbocycles. The smallest absolute Gasteiger partial charge is 0.0326 e. The van der Waals surface area contributed by atoms with E-state index in [2.05, 4.69) is 32.0 Å². The molecule has 0 unspecified atom stereocenters. The Morgan fingerprint density at radius 3 is 2.41 bits per heavy atom. The highest BCUT2D eigenvalue weighted by atomic mass is 35.5. The van der Waals surface area contributed by atoms with Crippen molar-refractivity contribution in [1.29, 1.82) is 0 Å². The molecule has 1 atom stereocenters. The van der Waals surface area contributed by atoms with Crippen LogP contribution < -0.4 is 5.73 Å². The lowest BCUT2D eigenvalue weighted by molar-refractivity contribution is 0.307. The minimum absolute atomic E-state index is 0. The second-order valence-electron chi connectivity index (χ2n) is 5.21. The standard InChI is InChI=1S/C15H23N.ClH/c1-11-7-6-10-14(12(11)2)15(16)13-8-4-3-5-9-13;/h6-7,10,13,15H,3-5,8-9,16H2,1-2H3;1H/t15-;/m1./s1. The van der Waals surface area contributed by atoms with Crippen molar-refractivity contribution < 1.29 is 0 Å². The first-order valence-electron chi connectivity index (χ1n) is 6.52. The first-order chi connectivity index (χ1) is 7.70. The van der Waals surface area contributed by atoms with Crippen LogP contribution in [0.25, 0.3) is 0 Å². The summed E-state index contributed by atoms with van der Waals surface area (Å²) in [6, 6.07) is 6.77. The summed E-state index contributed by atoms with van der Waals surface area (Å²) in [7, 11) is 0. The van der Waals surface area contributed by atoms with Gasteiger partial charge in [0.15, 0.2) is 0 Å². The maximum atomic E-state index is 6.44. The van der Waals surface area contributed by atoms with Crippen LogP contribution in [0, 0.1) is 19.8 Å². The molecule has 1 aliphatic carbocycles. The second-order valence-corrected chi connectivity index (χ2v) is 5.21. The predicted molar refractivity (Wildman–Crippen MR) is 76.7 cm³/mol. The molecule has 2 heteroatoms. The summed E-state index contributed by atoms with van der Waals surface area (Å²) < 4.78 is 0. The van der Waals surface area contributed by atoms with E-state index in [0.717, 1.165) is 0 Å². The molecule has 0 saturated heterocycles. The van der Waals surface area contributed by atoms with Gasteiger partial charge in [0.25, 0.3) is 0 Å². The molecule has 96 valence electrons. The summed E-state index contributed by atoms with van der Waals surface area (Å²) in [5.74, 6) is 0.703. The van der Waals surface area contributed by atoms with Gasteiger partial charge < -0.3 is 5.73 Å². The van der Waals surface area contributed by atoms with Crippen LogP contribution in [0.3, 0.4) is 0 Å². The number of hydrogen-bond donors (Lipinski definition) is 1. The monoisotopic (exact) mass is 253 g/mol. The highest BCUT2D eigenvalue weighted by molar-refractivity contribution is 5.85. The van der Waals surface area contributed by atoms with E-state index in [1.54, 1.807) is 0 Å². The van der Waals surface area contributed by atoms with Crippen LogP contribution in [0.1, 0.15) is 54.8 Å². The van der Waals surface area contributed by atoms with Crippen molar-refractivity contribution in [2.45, 2.75) is 52.0 Å². The van der Waals surface area contributed by atoms with Gasteiger partial charge in [-0.1, -0.05) is 37.5 Å². The number of nitrogens with two attached hydrogens (primary N) is 1. The summed E-state index contributed by atoms with van der Waals surface area (Å²) in [5.41, 5.74) is 10.6. The average molecular weight is 254 g/mol.